The van der Waals surface area contributed by atoms with Gasteiger partial charge in [0.25, 0.3) is 0 Å². The van der Waals surface area contributed by atoms with E-state index in [9.17, 15) is 9.59 Å². The number of hydrogen-bond acceptors (Lipinski definition) is 3. The molecule has 26 heavy (non-hydrogen) atoms. The van der Waals surface area contributed by atoms with Crippen molar-refractivity contribution in [2.75, 3.05) is 32.7 Å². The average Bonchev–Trinajstić information content (AvgIpc) is 3.33. The van der Waals surface area contributed by atoms with E-state index >= 15 is 0 Å². The van der Waals surface area contributed by atoms with Crippen molar-refractivity contribution in [3.05, 3.63) is 35.9 Å². The van der Waals surface area contributed by atoms with Gasteiger partial charge in [0, 0.05) is 51.7 Å². The molecular weight excluding hydrogens is 326 g/mol. The number of carbonyl (C=O) groups excluding carboxylic acids is 2. The Hall–Kier alpha value is -1.88. The molecule has 1 atom stereocenters. The molecule has 0 radical (unpaired) electrons. The van der Waals surface area contributed by atoms with Crippen molar-refractivity contribution in [1.82, 2.24) is 14.7 Å². The zero-order chi connectivity index (χ0) is 17.9. The van der Waals surface area contributed by atoms with Crippen LogP contribution in [0.4, 0.5) is 0 Å². The summed E-state index contributed by atoms with van der Waals surface area (Å²) in [5.41, 5.74) is 1.35. The van der Waals surface area contributed by atoms with Crippen LogP contribution in [0.5, 0.6) is 0 Å². The molecule has 3 heterocycles. The summed E-state index contributed by atoms with van der Waals surface area (Å²) in [5.74, 6) is 0.284. The molecule has 1 unspecified atom stereocenters. The highest BCUT2D eigenvalue weighted by Gasteiger charge is 2.40. The second-order valence-corrected chi connectivity index (χ2v) is 7.97. The molecule has 0 bridgehead atoms. The predicted octanol–water partition coefficient (Wildman–Crippen LogP) is 2.12. The fraction of sp³-hybridized carbons (Fsp3) is 0.619. The van der Waals surface area contributed by atoms with Crippen LogP contribution in [-0.4, -0.2) is 65.3 Å². The van der Waals surface area contributed by atoms with Crippen LogP contribution in [0.1, 0.15) is 37.7 Å². The second-order valence-electron chi connectivity index (χ2n) is 7.97. The van der Waals surface area contributed by atoms with Gasteiger partial charge in [-0.1, -0.05) is 30.3 Å². The van der Waals surface area contributed by atoms with Crippen LogP contribution in [0.2, 0.25) is 0 Å². The summed E-state index contributed by atoms with van der Waals surface area (Å²) in [6, 6.07) is 10.9. The number of likely N-dealkylation sites (tertiary alicyclic amines) is 3. The SMILES string of the molecule is O=C(C1CC(=O)N(C2CCN(Cc3ccccc3)CC2)C1)N1CCCC1. The number of benzene rings is 1. The Morgan fingerprint density at radius 1 is 1.00 bits per heavy atom. The summed E-state index contributed by atoms with van der Waals surface area (Å²) in [6.07, 6.45) is 4.66. The van der Waals surface area contributed by atoms with Crippen molar-refractivity contribution < 1.29 is 9.59 Å². The topological polar surface area (TPSA) is 43.9 Å². The maximum atomic E-state index is 12.6. The smallest absolute Gasteiger partial charge is 0.227 e. The van der Waals surface area contributed by atoms with E-state index in [2.05, 4.69) is 35.2 Å². The van der Waals surface area contributed by atoms with Crippen LogP contribution in [0.3, 0.4) is 0 Å². The molecule has 1 aromatic rings. The molecule has 1 aromatic carbocycles. The summed E-state index contributed by atoms with van der Waals surface area (Å²) in [7, 11) is 0. The molecule has 3 aliphatic rings. The molecule has 4 rings (SSSR count). The van der Waals surface area contributed by atoms with Crippen molar-refractivity contribution in [2.24, 2.45) is 5.92 Å². The van der Waals surface area contributed by atoms with Crippen LogP contribution in [0.15, 0.2) is 30.3 Å². The maximum absolute atomic E-state index is 12.6. The number of amides is 2. The molecule has 5 heteroatoms. The van der Waals surface area contributed by atoms with E-state index in [0.717, 1.165) is 58.4 Å². The van der Waals surface area contributed by atoms with Gasteiger partial charge < -0.3 is 9.80 Å². The molecule has 3 fully saturated rings. The molecular formula is C21H29N3O2. The zero-order valence-corrected chi connectivity index (χ0v) is 15.5. The first-order valence-corrected chi connectivity index (χ1v) is 10.1. The van der Waals surface area contributed by atoms with Gasteiger partial charge in [-0.25, -0.2) is 0 Å². The summed E-state index contributed by atoms with van der Waals surface area (Å²) < 4.78 is 0. The van der Waals surface area contributed by atoms with E-state index in [1.165, 1.54) is 5.56 Å². The van der Waals surface area contributed by atoms with Crippen LogP contribution in [-0.2, 0) is 16.1 Å². The quantitative estimate of drug-likeness (QED) is 0.831. The number of rotatable bonds is 4. The van der Waals surface area contributed by atoms with Crippen LogP contribution >= 0.6 is 0 Å². The third-order valence-corrected chi connectivity index (χ3v) is 6.17. The van der Waals surface area contributed by atoms with Crippen molar-refractivity contribution in [2.45, 2.75) is 44.7 Å². The lowest BCUT2D eigenvalue weighted by Crippen LogP contribution is -2.45. The van der Waals surface area contributed by atoms with Gasteiger partial charge in [0.15, 0.2) is 0 Å². The number of nitrogens with zero attached hydrogens (tertiary/aromatic N) is 3. The summed E-state index contributed by atoms with van der Waals surface area (Å²) in [5, 5.41) is 0. The fourth-order valence-corrected chi connectivity index (χ4v) is 4.68. The first-order chi connectivity index (χ1) is 12.7. The van der Waals surface area contributed by atoms with E-state index in [1.807, 2.05) is 9.80 Å². The zero-order valence-electron chi connectivity index (χ0n) is 15.5. The fourth-order valence-electron chi connectivity index (χ4n) is 4.68. The Balaban J connectivity index is 1.29. The third kappa shape index (κ3) is 3.78. The van der Waals surface area contributed by atoms with Gasteiger partial charge in [0.1, 0.15) is 0 Å². The first kappa shape index (κ1) is 17.5. The Kier molecular flexibility index (Phi) is 5.25. The Bertz CT molecular complexity index is 634. The van der Waals surface area contributed by atoms with E-state index in [4.69, 9.17) is 0 Å². The van der Waals surface area contributed by atoms with Crippen molar-refractivity contribution in [3.63, 3.8) is 0 Å². The Labute approximate surface area is 155 Å². The largest absolute Gasteiger partial charge is 0.342 e. The van der Waals surface area contributed by atoms with Crippen molar-refractivity contribution >= 4 is 11.8 Å². The summed E-state index contributed by atoms with van der Waals surface area (Å²) in [4.78, 5) is 31.6. The normalized spacial score (nSPS) is 25.2. The van der Waals surface area contributed by atoms with Gasteiger partial charge in [-0.3, -0.25) is 14.5 Å². The molecule has 2 amide bonds. The van der Waals surface area contributed by atoms with Crippen LogP contribution in [0, 0.1) is 5.92 Å². The molecule has 3 saturated heterocycles. The van der Waals surface area contributed by atoms with Gasteiger partial charge >= 0.3 is 0 Å². The van der Waals surface area contributed by atoms with E-state index < -0.39 is 0 Å². The lowest BCUT2D eigenvalue weighted by Gasteiger charge is -2.37. The molecule has 0 spiro atoms. The molecule has 3 aliphatic heterocycles. The van der Waals surface area contributed by atoms with E-state index in [0.29, 0.717) is 19.0 Å². The van der Waals surface area contributed by atoms with Gasteiger partial charge in [0.05, 0.1) is 5.92 Å². The highest BCUT2D eigenvalue weighted by molar-refractivity contribution is 5.89. The summed E-state index contributed by atoms with van der Waals surface area (Å²) in [6.45, 7) is 5.42. The number of piperidine rings is 1. The molecule has 140 valence electrons. The van der Waals surface area contributed by atoms with E-state index in [-0.39, 0.29) is 17.7 Å². The van der Waals surface area contributed by atoms with Crippen LogP contribution in [0.25, 0.3) is 0 Å². The van der Waals surface area contributed by atoms with Crippen LogP contribution < -0.4 is 0 Å². The predicted molar refractivity (Wildman–Crippen MR) is 100 cm³/mol. The highest BCUT2D eigenvalue weighted by atomic mass is 16.2. The lowest BCUT2D eigenvalue weighted by atomic mass is 10.0. The minimum Gasteiger partial charge on any atom is -0.342 e. The summed E-state index contributed by atoms with van der Waals surface area (Å²) >= 11 is 0. The molecule has 0 N–H and O–H groups in total. The van der Waals surface area contributed by atoms with Crippen molar-refractivity contribution in [1.29, 1.82) is 0 Å². The monoisotopic (exact) mass is 355 g/mol. The van der Waals surface area contributed by atoms with Gasteiger partial charge in [-0.05, 0) is 31.2 Å². The standard InChI is InChI=1S/C21H29N3O2/c25-20-14-18(21(26)23-10-4-5-11-23)16-24(20)19-8-12-22(13-9-19)15-17-6-2-1-3-7-17/h1-3,6-7,18-19H,4-5,8-16H2. The first-order valence-electron chi connectivity index (χ1n) is 10.1. The molecule has 0 aliphatic carbocycles. The van der Waals surface area contributed by atoms with Crippen molar-refractivity contribution in [3.8, 4) is 0 Å². The second kappa shape index (κ2) is 7.78. The molecule has 0 aromatic heterocycles. The van der Waals surface area contributed by atoms with Gasteiger partial charge in [-0.2, -0.15) is 0 Å². The van der Waals surface area contributed by atoms with Gasteiger partial charge in [-0.15, -0.1) is 0 Å². The third-order valence-electron chi connectivity index (χ3n) is 6.17. The maximum Gasteiger partial charge on any atom is 0.227 e. The number of hydrogen-bond donors (Lipinski definition) is 0. The highest BCUT2D eigenvalue weighted by Crippen LogP contribution is 2.28. The Morgan fingerprint density at radius 2 is 1.69 bits per heavy atom. The van der Waals surface area contributed by atoms with Gasteiger partial charge in [0.2, 0.25) is 11.8 Å². The minimum atomic E-state index is -0.108. The number of carbonyl (C=O) groups is 2. The lowest BCUT2D eigenvalue weighted by molar-refractivity contribution is -0.134. The Morgan fingerprint density at radius 3 is 2.38 bits per heavy atom. The average molecular weight is 355 g/mol. The molecule has 0 saturated carbocycles. The van der Waals surface area contributed by atoms with E-state index in [1.54, 1.807) is 0 Å². The minimum absolute atomic E-state index is 0.108. The molecule has 5 nitrogen and oxygen atoms in total.